The van der Waals surface area contributed by atoms with Crippen molar-refractivity contribution in [2.75, 3.05) is 6.61 Å². The second-order valence-corrected chi connectivity index (χ2v) is 4.49. The second-order valence-electron chi connectivity index (χ2n) is 4.49. The fourth-order valence-corrected chi connectivity index (χ4v) is 2.11. The number of carbonyl (C=O) groups excluding carboxylic acids is 1. The van der Waals surface area contributed by atoms with Gasteiger partial charge in [0, 0.05) is 19.4 Å². The number of hydrogen-bond donors (Lipinski definition) is 1. The third-order valence-electron chi connectivity index (χ3n) is 3.09. The number of hydrogen-bond acceptors (Lipinski definition) is 3. The Morgan fingerprint density at radius 3 is 3.18 bits per heavy atom. The van der Waals surface area contributed by atoms with Gasteiger partial charge in [-0.3, -0.25) is 4.79 Å². The van der Waals surface area contributed by atoms with Gasteiger partial charge >= 0.3 is 0 Å². The lowest BCUT2D eigenvalue weighted by atomic mass is 10.1. The Hall–Kier alpha value is -1.29. The van der Waals surface area contributed by atoms with Gasteiger partial charge in [-0.1, -0.05) is 0 Å². The molecular formula is C13H19NO3. The summed E-state index contributed by atoms with van der Waals surface area (Å²) in [6.07, 6.45) is 5.06. The smallest absolute Gasteiger partial charge is 0.220 e. The van der Waals surface area contributed by atoms with E-state index in [0.717, 1.165) is 25.2 Å². The quantitative estimate of drug-likeness (QED) is 0.851. The standard InChI is InChI=1S/C13H19NO3/c1-10(12-5-3-9-17-12)14-13(15)7-6-11-4-2-8-16-11/h2,4,8,10,12H,3,5-7,9H2,1H3,(H,14,15)/t10-,12-/m1/s1. The zero-order valence-electron chi connectivity index (χ0n) is 10.1. The van der Waals surface area contributed by atoms with E-state index in [1.54, 1.807) is 6.26 Å². The normalized spacial score (nSPS) is 21.4. The van der Waals surface area contributed by atoms with Crippen LogP contribution in [-0.2, 0) is 16.0 Å². The highest BCUT2D eigenvalue weighted by Crippen LogP contribution is 2.15. The Balaban J connectivity index is 1.69. The van der Waals surface area contributed by atoms with E-state index in [0.29, 0.717) is 12.8 Å². The van der Waals surface area contributed by atoms with Gasteiger partial charge in [-0.25, -0.2) is 0 Å². The van der Waals surface area contributed by atoms with Gasteiger partial charge in [0.15, 0.2) is 0 Å². The summed E-state index contributed by atoms with van der Waals surface area (Å²) in [5, 5.41) is 2.98. The molecule has 94 valence electrons. The van der Waals surface area contributed by atoms with Crippen LogP contribution in [0.2, 0.25) is 0 Å². The lowest BCUT2D eigenvalue weighted by Crippen LogP contribution is -2.40. The molecule has 1 aliphatic heterocycles. The molecule has 0 saturated carbocycles. The first-order valence-electron chi connectivity index (χ1n) is 6.19. The number of carbonyl (C=O) groups is 1. The van der Waals surface area contributed by atoms with Gasteiger partial charge in [0.25, 0.3) is 0 Å². The van der Waals surface area contributed by atoms with Crippen LogP contribution < -0.4 is 5.32 Å². The maximum absolute atomic E-state index is 11.7. The summed E-state index contributed by atoms with van der Waals surface area (Å²) in [7, 11) is 0. The summed E-state index contributed by atoms with van der Waals surface area (Å²) in [6, 6.07) is 3.82. The lowest BCUT2D eigenvalue weighted by Gasteiger charge is -2.19. The van der Waals surface area contributed by atoms with Crippen LogP contribution in [0.3, 0.4) is 0 Å². The second kappa shape index (κ2) is 5.87. The Bertz CT molecular complexity index is 342. The summed E-state index contributed by atoms with van der Waals surface area (Å²) in [5.74, 6) is 0.911. The van der Waals surface area contributed by atoms with Crippen molar-refractivity contribution in [1.29, 1.82) is 0 Å². The van der Waals surface area contributed by atoms with Crippen LogP contribution in [-0.4, -0.2) is 24.7 Å². The molecule has 2 heterocycles. The molecule has 0 unspecified atom stereocenters. The minimum atomic E-state index is 0.0596. The van der Waals surface area contributed by atoms with Crippen LogP contribution in [0.15, 0.2) is 22.8 Å². The van der Waals surface area contributed by atoms with Crippen LogP contribution in [0, 0.1) is 0 Å². The molecule has 4 heteroatoms. The molecule has 1 saturated heterocycles. The molecule has 0 bridgehead atoms. The molecule has 1 fully saturated rings. The third kappa shape index (κ3) is 3.60. The molecule has 0 aliphatic carbocycles. The summed E-state index contributed by atoms with van der Waals surface area (Å²) < 4.78 is 10.7. The number of furan rings is 1. The Morgan fingerprint density at radius 2 is 2.53 bits per heavy atom. The van der Waals surface area contributed by atoms with Gasteiger partial charge in [0.05, 0.1) is 18.4 Å². The van der Waals surface area contributed by atoms with Gasteiger partial charge < -0.3 is 14.5 Å². The van der Waals surface area contributed by atoms with Crippen molar-refractivity contribution in [2.24, 2.45) is 0 Å². The maximum Gasteiger partial charge on any atom is 0.220 e. The van der Waals surface area contributed by atoms with Crippen LogP contribution in [0.4, 0.5) is 0 Å². The average Bonchev–Trinajstić information content (AvgIpc) is 2.99. The van der Waals surface area contributed by atoms with E-state index in [1.807, 2.05) is 19.1 Å². The topological polar surface area (TPSA) is 51.5 Å². The Kier molecular flexibility index (Phi) is 4.20. The molecule has 2 atom stereocenters. The summed E-state index contributed by atoms with van der Waals surface area (Å²) in [5.41, 5.74) is 0. The van der Waals surface area contributed by atoms with Crippen molar-refractivity contribution in [3.63, 3.8) is 0 Å². The van der Waals surface area contributed by atoms with Crippen molar-refractivity contribution < 1.29 is 13.9 Å². The minimum absolute atomic E-state index is 0.0596. The van der Waals surface area contributed by atoms with Crippen LogP contribution >= 0.6 is 0 Å². The van der Waals surface area contributed by atoms with Gasteiger partial charge in [0.2, 0.25) is 5.91 Å². The molecule has 0 aromatic carbocycles. The Labute approximate surface area is 101 Å². The van der Waals surface area contributed by atoms with Crippen molar-refractivity contribution in [3.8, 4) is 0 Å². The van der Waals surface area contributed by atoms with Crippen molar-refractivity contribution >= 4 is 5.91 Å². The largest absolute Gasteiger partial charge is 0.469 e. The third-order valence-corrected chi connectivity index (χ3v) is 3.09. The molecule has 1 aliphatic rings. The highest BCUT2D eigenvalue weighted by Gasteiger charge is 2.23. The van der Waals surface area contributed by atoms with Crippen LogP contribution in [0.1, 0.15) is 31.9 Å². The molecule has 4 nitrogen and oxygen atoms in total. The number of ether oxygens (including phenoxy) is 1. The molecule has 0 radical (unpaired) electrons. The number of rotatable bonds is 5. The molecule has 1 amide bonds. The van der Waals surface area contributed by atoms with E-state index in [9.17, 15) is 4.79 Å². The fraction of sp³-hybridized carbons (Fsp3) is 0.615. The van der Waals surface area contributed by atoms with Crippen LogP contribution in [0.5, 0.6) is 0 Å². The first-order chi connectivity index (χ1) is 8.25. The number of amides is 1. The van der Waals surface area contributed by atoms with E-state index in [4.69, 9.17) is 9.15 Å². The van der Waals surface area contributed by atoms with Gasteiger partial charge in [-0.15, -0.1) is 0 Å². The SMILES string of the molecule is C[C@@H](NC(=O)CCc1ccco1)[C@H]1CCCO1. The lowest BCUT2D eigenvalue weighted by molar-refractivity contribution is -0.122. The molecule has 1 N–H and O–H groups in total. The number of nitrogens with one attached hydrogen (secondary N) is 1. The first-order valence-corrected chi connectivity index (χ1v) is 6.19. The fourth-order valence-electron chi connectivity index (χ4n) is 2.11. The summed E-state index contributed by atoms with van der Waals surface area (Å²) >= 11 is 0. The molecular weight excluding hydrogens is 218 g/mol. The predicted molar refractivity (Wildman–Crippen MR) is 63.6 cm³/mol. The highest BCUT2D eigenvalue weighted by molar-refractivity contribution is 5.76. The molecule has 1 aromatic rings. The van der Waals surface area contributed by atoms with Gasteiger partial charge in [-0.2, -0.15) is 0 Å². The van der Waals surface area contributed by atoms with Gasteiger partial charge in [-0.05, 0) is 31.9 Å². The maximum atomic E-state index is 11.7. The molecule has 1 aromatic heterocycles. The zero-order chi connectivity index (χ0) is 12.1. The zero-order valence-corrected chi connectivity index (χ0v) is 10.1. The van der Waals surface area contributed by atoms with Crippen molar-refractivity contribution in [2.45, 2.75) is 44.8 Å². The number of aryl methyl sites for hydroxylation is 1. The highest BCUT2D eigenvalue weighted by atomic mass is 16.5. The summed E-state index contributed by atoms with van der Waals surface area (Å²) in [4.78, 5) is 11.7. The average molecular weight is 237 g/mol. The van der Waals surface area contributed by atoms with E-state index in [2.05, 4.69) is 5.32 Å². The van der Waals surface area contributed by atoms with E-state index < -0.39 is 0 Å². The minimum Gasteiger partial charge on any atom is -0.469 e. The van der Waals surface area contributed by atoms with E-state index >= 15 is 0 Å². The van der Waals surface area contributed by atoms with E-state index in [1.165, 1.54) is 0 Å². The van der Waals surface area contributed by atoms with E-state index in [-0.39, 0.29) is 18.1 Å². The summed E-state index contributed by atoms with van der Waals surface area (Å²) in [6.45, 7) is 2.82. The first kappa shape index (κ1) is 12.2. The molecule has 2 rings (SSSR count). The Morgan fingerprint density at radius 1 is 1.65 bits per heavy atom. The van der Waals surface area contributed by atoms with Crippen molar-refractivity contribution in [3.05, 3.63) is 24.2 Å². The molecule has 0 spiro atoms. The molecule has 17 heavy (non-hydrogen) atoms. The van der Waals surface area contributed by atoms with Crippen LogP contribution in [0.25, 0.3) is 0 Å². The predicted octanol–water partition coefficient (Wildman–Crippen LogP) is 1.90. The van der Waals surface area contributed by atoms with Crippen molar-refractivity contribution in [1.82, 2.24) is 5.32 Å². The van der Waals surface area contributed by atoms with Gasteiger partial charge in [0.1, 0.15) is 5.76 Å². The monoisotopic (exact) mass is 237 g/mol.